The molecule has 4 fully saturated rings. The molecule has 0 aromatic carbocycles. The summed E-state index contributed by atoms with van der Waals surface area (Å²) < 4.78 is 0.857. The summed E-state index contributed by atoms with van der Waals surface area (Å²) in [6, 6.07) is 0. The number of hydrogen-bond acceptors (Lipinski definition) is 5. The van der Waals surface area contributed by atoms with Gasteiger partial charge < -0.3 is 30.2 Å². The van der Waals surface area contributed by atoms with Gasteiger partial charge in [0.15, 0.2) is 0 Å². The van der Waals surface area contributed by atoms with Gasteiger partial charge in [-0.2, -0.15) is 0 Å². The van der Waals surface area contributed by atoms with E-state index in [2.05, 4.69) is 40.2 Å². The number of hydrogen-bond donors (Lipinski definition) is 5. The SMILES string of the molecule is C[C@H](CCC(=O)NCCC[N+](C)(C)CCCO)[C@H]1CC[C@H]2[C@@H]3[C@H](O)C[C@@H]4C[C@H](O)CC[C@]4(C)[C@H]3C[C@H](O)[C@]12C. The number of quaternary nitrogens is 1. The minimum Gasteiger partial charge on any atom is -0.396 e. The quantitative estimate of drug-likeness (QED) is 0.200. The fraction of sp³-hybridized carbons (Fsp3) is 0.969. The molecule has 0 aliphatic heterocycles. The first-order valence-electron chi connectivity index (χ1n) is 16.1. The first-order chi connectivity index (χ1) is 18.3. The second kappa shape index (κ2) is 12.2. The van der Waals surface area contributed by atoms with Gasteiger partial charge in [0.05, 0.1) is 45.5 Å². The highest BCUT2D eigenvalue weighted by Gasteiger charge is 2.65. The molecule has 11 atom stereocenters. The van der Waals surface area contributed by atoms with Crippen LogP contribution in [0.5, 0.6) is 0 Å². The lowest BCUT2D eigenvalue weighted by Crippen LogP contribution is -2.62. The van der Waals surface area contributed by atoms with E-state index in [1.54, 1.807) is 0 Å². The van der Waals surface area contributed by atoms with Crippen LogP contribution < -0.4 is 5.32 Å². The van der Waals surface area contributed by atoms with Crippen molar-refractivity contribution in [1.29, 1.82) is 0 Å². The van der Waals surface area contributed by atoms with E-state index in [1.807, 2.05) is 0 Å². The van der Waals surface area contributed by atoms with Crippen molar-refractivity contribution in [3.8, 4) is 0 Å². The molecule has 226 valence electrons. The van der Waals surface area contributed by atoms with Crippen molar-refractivity contribution >= 4 is 5.91 Å². The van der Waals surface area contributed by atoms with Crippen LogP contribution in [-0.2, 0) is 4.79 Å². The molecule has 0 spiro atoms. The van der Waals surface area contributed by atoms with Crippen molar-refractivity contribution in [2.75, 3.05) is 40.3 Å². The van der Waals surface area contributed by atoms with Crippen molar-refractivity contribution in [3.05, 3.63) is 0 Å². The van der Waals surface area contributed by atoms with E-state index >= 15 is 0 Å². The van der Waals surface area contributed by atoms with E-state index in [-0.39, 0.29) is 47.6 Å². The van der Waals surface area contributed by atoms with E-state index in [0.717, 1.165) is 81.8 Å². The van der Waals surface area contributed by atoms with E-state index in [4.69, 9.17) is 5.11 Å². The highest BCUT2D eigenvalue weighted by Crippen LogP contribution is 2.68. The molecule has 4 saturated carbocycles. The summed E-state index contributed by atoms with van der Waals surface area (Å²) in [4.78, 5) is 12.7. The van der Waals surface area contributed by atoms with E-state index in [1.165, 1.54) is 0 Å². The molecular weight excluding hydrogens is 492 g/mol. The number of aliphatic hydroxyl groups is 4. The minimum absolute atomic E-state index is 0.0974. The Kier molecular flexibility index (Phi) is 9.80. The molecule has 4 rings (SSSR count). The maximum absolute atomic E-state index is 12.7. The number of amides is 1. The Labute approximate surface area is 237 Å². The summed E-state index contributed by atoms with van der Waals surface area (Å²) in [7, 11) is 4.34. The van der Waals surface area contributed by atoms with E-state index in [0.29, 0.717) is 42.6 Å². The summed E-state index contributed by atoms with van der Waals surface area (Å²) in [5.41, 5.74) is -0.117. The normalized spacial score (nSPS) is 42.8. The molecule has 0 radical (unpaired) electrons. The van der Waals surface area contributed by atoms with Crippen LogP contribution in [0.25, 0.3) is 0 Å². The largest absolute Gasteiger partial charge is 0.396 e. The molecule has 0 aromatic heterocycles. The maximum Gasteiger partial charge on any atom is 0.220 e. The summed E-state index contributed by atoms with van der Waals surface area (Å²) in [6.07, 6.45) is 8.41. The number of aliphatic hydroxyl groups excluding tert-OH is 4. The average molecular weight is 552 g/mol. The lowest BCUT2D eigenvalue weighted by molar-refractivity contribution is -0.890. The van der Waals surface area contributed by atoms with Gasteiger partial charge in [0.2, 0.25) is 5.91 Å². The second-order valence-corrected chi connectivity index (χ2v) is 15.2. The summed E-state index contributed by atoms with van der Waals surface area (Å²) >= 11 is 0. The average Bonchev–Trinajstić information content (AvgIpc) is 3.24. The molecule has 4 aliphatic rings. The molecule has 0 unspecified atom stereocenters. The van der Waals surface area contributed by atoms with Crippen LogP contribution in [-0.4, -0.2) is 89.5 Å². The van der Waals surface area contributed by atoms with Crippen LogP contribution in [0.15, 0.2) is 0 Å². The van der Waals surface area contributed by atoms with E-state index in [9.17, 15) is 20.1 Å². The molecule has 0 heterocycles. The Morgan fingerprint density at radius 2 is 1.72 bits per heavy atom. The Bertz CT molecular complexity index is 837. The van der Waals surface area contributed by atoms with Crippen molar-refractivity contribution in [3.63, 3.8) is 0 Å². The van der Waals surface area contributed by atoms with Crippen LogP contribution in [0.4, 0.5) is 0 Å². The molecule has 5 N–H and O–H groups in total. The van der Waals surface area contributed by atoms with E-state index < -0.39 is 0 Å². The van der Waals surface area contributed by atoms with Gasteiger partial charge in [-0.1, -0.05) is 20.8 Å². The van der Waals surface area contributed by atoms with Crippen LogP contribution in [0.2, 0.25) is 0 Å². The zero-order valence-corrected chi connectivity index (χ0v) is 25.4. The molecule has 4 aliphatic carbocycles. The zero-order chi connectivity index (χ0) is 28.6. The lowest BCUT2D eigenvalue weighted by atomic mass is 9.43. The smallest absolute Gasteiger partial charge is 0.220 e. The fourth-order valence-corrected chi connectivity index (χ4v) is 10.1. The summed E-state index contributed by atoms with van der Waals surface area (Å²) in [5, 5.41) is 45.7. The highest BCUT2D eigenvalue weighted by molar-refractivity contribution is 5.75. The third-order valence-corrected chi connectivity index (χ3v) is 12.5. The zero-order valence-electron chi connectivity index (χ0n) is 25.4. The van der Waals surface area contributed by atoms with Gasteiger partial charge in [0.25, 0.3) is 0 Å². The maximum atomic E-state index is 12.7. The molecule has 1 amide bonds. The summed E-state index contributed by atoms with van der Waals surface area (Å²) in [5.74, 6) is 2.04. The van der Waals surface area contributed by atoms with Gasteiger partial charge in [-0.25, -0.2) is 0 Å². The van der Waals surface area contributed by atoms with Gasteiger partial charge in [-0.15, -0.1) is 0 Å². The number of nitrogens with zero attached hydrogens (tertiary/aromatic N) is 1. The Morgan fingerprint density at radius 1 is 1.00 bits per heavy atom. The predicted octanol–water partition coefficient (Wildman–Crippen LogP) is 3.33. The number of nitrogens with one attached hydrogen (secondary N) is 1. The van der Waals surface area contributed by atoms with Crippen LogP contribution >= 0.6 is 0 Å². The monoisotopic (exact) mass is 551 g/mol. The van der Waals surface area contributed by atoms with Gasteiger partial charge in [-0.3, -0.25) is 4.79 Å². The fourth-order valence-electron chi connectivity index (χ4n) is 10.1. The van der Waals surface area contributed by atoms with Crippen molar-refractivity contribution in [2.45, 2.75) is 110 Å². The second-order valence-electron chi connectivity index (χ2n) is 15.2. The third kappa shape index (κ3) is 6.23. The lowest BCUT2D eigenvalue weighted by Gasteiger charge is -2.63. The molecule has 7 heteroatoms. The Balaban J connectivity index is 1.32. The first kappa shape index (κ1) is 31.2. The number of fused-ring (bicyclic) bond motifs is 5. The Hall–Kier alpha value is -0.730. The topological polar surface area (TPSA) is 110 Å². The molecular formula is C32H59N2O5+. The number of carbonyl (C=O) groups excluding carboxylic acids is 1. The van der Waals surface area contributed by atoms with Gasteiger partial charge in [-0.05, 0) is 97.7 Å². The molecule has 39 heavy (non-hydrogen) atoms. The van der Waals surface area contributed by atoms with Crippen LogP contribution in [0, 0.1) is 46.3 Å². The molecule has 0 aromatic rings. The van der Waals surface area contributed by atoms with Gasteiger partial charge >= 0.3 is 0 Å². The standard InChI is InChI=1S/C32H58N2O5/c1-21(8-11-29(39)33-14-6-15-34(4,5)16-7-17-35)24-9-10-25-30-26(20-28(38)32(24,25)3)31(2)13-12-23(36)18-22(31)19-27(30)37/h21-28,30,35-38H,6-20H2,1-5H3/p+1/t21-,22+,23-,24-,25+,26+,27-,28+,30+,31+,32-/m1/s1. The molecule has 0 bridgehead atoms. The number of rotatable bonds is 11. The Morgan fingerprint density at radius 3 is 2.44 bits per heavy atom. The van der Waals surface area contributed by atoms with Crippen molar-refractivity contribution in [1.82, 2.24) is 5.32 Å². The highest BCUT2D eigenvalue weighted by atomic mass is 16.3. The first-order valence-corrected chi connectivity index (χ1v) is 16.1. The van der Waals surface area contributed by atoms with Crippen molar-refractivity contribution < 1.29 is 29.7 Å². The minimum atomic E-state index is -0.380. The van der Waals surface area contributed by atoms with Crippen LogP contribution in [0.3, 0.4) is 0 Å². The number of carbonyl (C=O) groups is 1. The predicted molar refractivity (Wildman–Crippen MR) is 154 cm³/mol. The van der Waals surface area contributed by atoms with Crippen LogP contribution in [0.1, 0.15) is 91.4 Å². The third-order valence-electron chi connectivity index (χ3n) is 12.5. The molecule has 7 nitrogen and oxygen atoms in total. The summed E-state index contributed by atoms with van der Waals surface area (Å²) in [6.45, 7) is 9.76. The molecule has 0 saturated heterocycles. The van der Waals surface area contributed by atoms with Gasteiger partial charge in [0.1, 0.15) is 0 Å². The van der Waals surface area contributed by atoms with Gasteiger partial charge in [0, 0.05) is 32.4 Å². The van der Waals surface area contributed by atoms with Crippen molar-refractivity contribution in [2.24, 2.45) is 46.3 Å².